The Morgan fingerprint density at radius 1 is 0.545 bits per heavy atom. The monoisotopic (exact) mass is 438 g/mol. The first-order valence-corrected chi connectivity index (χ1v) is 11.1. The van der Waals surface area contributed by atoms with Crippen LogP contribution in [-0.2, 0) is 29.2 Å². The van der Waals surface area contributed by atoms with Crippen molar-refractivity contribution in [2.75, 3.05) is 13.5 Å². The second kappa shape index (κ2) is 6.36. The molecule has 7 heteroatoms. The van der Waals surface area contributed by atoms with Gasteiger partial charge in [-0.05, 0) is 11.1 Å². The molecule has 3 aromatic carbocycles. The van der Waals surface area contributed by atoms with Gasteiger partial charge in [0, 0.05) is 11.1 Å². The van der Waals surface area contributed by atoms with Gasteiger partial charge in [0.2, 0.25) is 0 Å². The molecule has 0 unspecified atom stereocenters. The third kappa shape index (κ3) is 2.00. The van der Waals surface area contributed by atoms with Crippen LogP contribution in [0.4, 0.5) is 9.59 Å². The highest BCUT2D eigenvalue weighted by Gasteiger charge is 2.81. The summed E-state index contributed by atoms with van der Waals surface area (Å²) in [7, 11) is 0. The molecular weight excluding hydrogens is 416 g/mol. The van der Waals surface area contributed by atoms with Crippen molar-refractivity contribution in [3.8, 4) is 0 Å². The quantitative estimate of drug-likeness (QED) is 0.611. The largest absolute Gasteiger partial charge is 0.340 e. The van der Waals surface area contributed by atoms with Crippen LogP contribution in [0.3, 0.4) is 0 Å². The number of urea groups is 2. The van der Waals surface area contributed by atoms with Gasteiger partial charge in [0.1, 0.15) is 13.5 Å². The summed E-state index contributed by atoms with van der Waals surface area (Å²) in [5, 5.41) is 0. The molecule has 33 heavy (non-hydrogen) atoms. The van der Waals surface area contributed by atoms with Gasteiger partial charge < -0.3 is 4.74 Å². The van der Waals surface area contributed by atoms with Crippen LogP contribution < -0.4 is 0 Å². The Kier molecular flexibility index (Phi) is 3.60. The van der Waals surface area contributed by atoms with Gasteiger partial charge in [-0.3, -0.25) is 19.6 Å². The van der Waals surface area contributed by atoms with E-state index in [0.29, 0.717) is 13.1 Å². The first kappa shape index (κ1) is 18.7. The third-order valence-corrected chi connectivity index (χ3v) is 7.54. The molecule has 0 atom stereocenters. The normalized spacial score (nSPS) is 27.5. The molecule has 0 bridgehead atoms. The molecule has 0 aromatic heterocycles. The van der Waals surface area contributed by atoms with Crippen molar-refractivity contribution in [2.24, 2.45) is 0 Å². The zero-order valence-electron chi connectivity index (χ0n) is 17.9. The van der Waals surface area contributed by atoms with Crippen molar-refractivity contribution in [1.29, 1.82) is 0 Å². The predicted molar refractivity (Wildman–Crippen MR) is 119 cm³/mol. The van der Waals surface area contributed by atoms with Crippen molar-refractivity contribution in [1.82, 2.24) is 19.6 Å². The van der Waals surface area contributed by atoms with Gasteiger partial charge >= 0.3 is 12.1 Å². The minimum Gasteiger partial charge on any atom is -0.340 e. The maximum absolute atomic E-state index is 14.2. The van der Waals surface area contributed by atoms with Gasteiger partial charge in [-0.1, -0.05) is 84.9 Å². The molecule has 3 aromatic rings. The van der Waals surface area contributed by atoms with Crippen LogP contribution in [0.25, 0.3) is 0 Å². The number of nitrogens with zero attached hydrogens (tertiary/aromatic N) is 4. The molecule has 7 rings (SSSR count). The number of carbonyl (C=O) groups excluding carboxylic acids is 2. The number of hydrogen-bond donors (Lipinski definition) is 0. The van der Waals surface area contributed by atoms with E-state index in [1.54, 1.807) is 9.80 Å². The van der Waals surface area contributed by atoms with E-state index in [-0.39, 0.29) is 25.5 Å². The highest BCUT2D eigenvalue weighted by atomic mass is 16.5. The van der Waals surface area contributed by atoms with Gasteiger partial charge in [0.25, 0.3) is 0 Å². The molecule has 0 radical (unpaired) electrons. The Morgan fingerprint density at radius 2 is 0.939 bits per heavy atom. The first-order valence-electron chi connectivity index (χ1n) is 11.1. The van der Waals surface area contributed by atoms with Crippen LogP contribution in [0, 0.1) is 0 Å². The van der Waals surface area contributed by atoms with Crippen LogP contribution in [-0.4, -0.2) is 45.1 Å². The van der Waals surface area contributed by atoms with Crippen LogP contribution in [0.2, 0.25) is 0 Å². The van der Waals surface area contributed by atoms with E-state index in [0.717, 1.165) is 22.3 Å². The molecule has 4 aliphatic rings. The van der Waals surface area contributed by atoms with E-state index in [9.17, 15) is 9.59 Å². The van der Waals surface area contributed by atoms with Crippen LogP contribution in [0.1, 0.15) is 22.3 Å². The maximum atomic E-state index is 14.2. The first-order chi connectivity index (χ1) is 16.2. The number of ether oxygens (including phenoxy) is 1. The molecule has 7 nitrogen and oxygen atoms in total. The molecule has 3 fully saturated rings. The molecule has 0 saturated carbocycles. The van der Waals surface area contributed by atoms with E-state index >= 15 is 0 Å². The number of rotatable bonds is 2. The second-order valence-electron chi connectivity index (χ2n) is 8.90. The summed E-state index contributed by atoms with van der Waals surface area (Å²) in [5.74, 6) is 0. The lowest BCUT2D eigenvalue weighted by Crippen LogP contribution is -2.65. The van der Waals surface area contributed by atoms with Gasteiger partial charge in [-0.2, -0.15) is 0 Å². The molecule has 0 spiro atoms. The molecule has 0 N–H and O–H groups in total. The summed E-state index contributed by atoms with van der Waals surface area (Å²) in [4.78, 5) is 35.6. The van der Waals surface area contributed by atoms with Gasteiger partial charge in [0.15, 0.2) is 11.3 Å². The lowest BCUT2D eigenvalue weighted by Gasteiger charge is -2.51. The Hall–Kier alpha value is -3.84. The van der Waals surface area contributed by atoms with Crippen molar-refractivity contribution in [2.45, 2.75) is 24.4 Å². The number of fused-ring (bicyclic) bond motifs is 1. The van der Waals surface area contributed by atoms with E-state index in [1.807, 2.05) is 82.6 Å². The van der Waals surface area contributed by atoms with Crippen molar-refractivity contribution in [3.05, 3.63) is 107 Å². The Bertz CT molecular complexity index is 1230. The highest BCUT2D eigenvalue weighted by Crippen LogP contribution is 2.64. The van der Waals surface area contributed by atoms with Gasteiger partial charge in [0.05, 0.1) is 13.1 Å². The molecule has 4 amide bonds. The maximum Gasteiger partial charge on any atom is 0.326 e. The van der Waals surface area contributed by atoms with E-state index < -0.39 is 11.3 Å². The Labute approximate surface area is 191 Å². The average Bonchev–Trinajstić information content (AvgIpc) is 3.14. The number of amides is 4. The summed E-state index contributed by atoms with van der Waals surface area (Å²) in [6.45, 7) is 1.06. The molecule has 0 aliphatic carbocycles. The Balaban J connectivity index is 1.63. The SMILES string of the molecule is O=C1N2COCN3C(=O)N4Cc5ccccc5CN1[C@]4(c1ccccc1)[C@@]32c1ccccc1. The molecule has 4 heterocycles. The van der Waals surface area contributed by atoms with E-state index in [2.05, 4.69) is 12.1 Å². The van der Waals surface area contributed by atoms with Crippen molar-refractivity contribution in [3.63, 3.8) is 0 Å². The second-order valence-corrected chi connectivity index (χ2v) is 8.90. The summed E-state index contributed by atoms with van der Waals surface area (Å²) in [6, 6.07) is 27.7. The summed E-state index contributed by atoms with van der Waals surface area (Å²) in [5.41, 5.74) is 1.82. The topological polar surface area (TPSA) is 56.3 Å². The minimum absolute atomic E-state index is 0.123. The minimum atomic E-state index is -1.05. The third-order valence-electron chi connectivity index (χ3n) is 7.54. The summed E-state index contributed by atoms with van der Waals surface area (Å²) >= 11 is 0. The molecule has 164 valence electrons. The molecule has 3 saturated heterocycles. The fourth-order valence-corrected chi connectivity index (χ4v) is 6.35. The van der Waals surface area contributed by atoms with E-state index in [4.69, 9.17) is 4.74 Å². The van der Waals surface area contributed by atoms with Crippen LogP contribution in [0.15, 0.2) is 84.9 Å². The van der Waals surface area contributed by atoms with Gasteiger partial charge in [-0.15, -0.1) is 0 Å². The highest BCUT2D eigenvalue weighted by molar-refractivity contribution is 5.90. The Morgan fingerprint density at radius 3 is 1.39 bits per heavy atom. The van der Waals surface area contributed by atoms with E-state index in [1.165, 1.54) is 0 Å². The van der Waals surface area contributed by atoms with Crippen LogP contribution >= 0.6 is 0 Å². The fourth-order valence-electron chi connectivity index (χ4n) is 6.35. The smallest absolute Gasteiger partial charge is 0.326 e. The standard InChI is InChI=1S/C26H22N4O3/c31-23-27-15-19-9-7-8-10-20(19)16-28-24(32)30-18-33-17-29(23)26(30,22-13-5-2-6-14-22)25(27,28)21-11-3-1-4-12-21/h1-14H,15-18H2/t25-,26+. The zero-order chi connectivity index (χ0) is 22.2. The van der Waals surface area contributed by atoms with Crippen molar-refractivity contribution < 1.29 is 14.3 Å². The number of benzene rings is 3. The predicted octanol–water partition coefficient (Wildman–Crippen LogP) is 3.83. The van der Waals surface area contributed by atoms with Crippen molar-refractivity contribution >= 4 is 12.1 Å². The molecular formula is C26H22N4O3. The van der Waals surface area contributed by atoms with Gasteiger partial charge in [-0.25, -0.2) is 9.59 Å². The zero-order valence-corrected chi connectivity index (χ0v) is 17.9. The lowest BCUT2D eigenvalue weighted by molar-refractivity contribution is -0.179. The average molecular weight is 438 g/mol. The molecule has 4 aliphatic heterocycles. The summed E-state index contributed by atoms with van der Waals surface area (Å²) < 4.78 is 5.82. The number of hydrogen-bond acceptors (Lipinski definition) is 3. The number of carbonyl (C=O) groups is 2. The lowest BCUT2D eigenvalue weighted by atomic mass is 9.79. The summed E-state index contributed by atoms with van der Waals surface area (Å²) in [6.07, 6.45) is 0. The fraction of sp³-hybridized carbons (Fsp3) is 0.231. The van der Waals surface area contributed by atoms with Crippen LogP contribution in [0.5, 0.6) is 0 Å².